The van der Waals surface area contributed by atoms with E-state index in [-0.39, 0.29) is 0 Å². The third-order valence-electron chi connectivity index (χ3n) is 2.03. The molecule has 0 aromatic carbocycles. The summed E-state index contributed by atoms with van der Waals surface area (Å²) in [6.45, 7) is 0. The fraction of sp³-hybridized carbons (Fsp3) is 0.625. The fourth-order valence-corrected chi connectivity index (χ4v) is 1.22. The van der Waals surface area contributed by atoms with E-state index >= 15 is 0 Å². The molecule has 0 aliphatic rings. The number of rotatable bonds is 7. The number of hydrogen-bond acceptors (Lipinski definition) is 6. The van der Waals surface area contributed by atoms with Gasteiger partial charge in [0.1, 0.15) is 12.0 Å². The molecule has 0 aromatic heterocycles. The van der Waals surface area contributed by atoms with Gasteiger partial charge in [-0.05, 0) is 0 Å². The predicted molar refractivity (Wildman–Crippen MR) is 48.9 cm³/mol. The van der Waals surface area contributed by atoms with Crippen LogP contribution >= 0.6 is 0 Å². The van der Waals surface area contributed by atoms with Crippen LogP contribution < -0.4 is 0 Å². The molecule has 0 aliphatic heterocycles. The van der Waals surface area contributed by atoms with E-state index in [0.717, 1.165) is 0 Å². The quantitative estimate of drug-likeness (QED) is 0.275. The molecule has 0 amide bonds. The minimum absolute atomic E-state index is 1.32. The van der Waals surface area contributed by atoms with Gasteiger partial charge in [-0.25, -0.2) is 0 Å². The van der Waals surface area contributed by atoms with Crippen LogP contribution in [0.5, 0.6) is 0 Å². The standard InChI is InChI=1S/C8H12O9/c9-4(10)1-7(15,2-5(11)12)8(16,17)3-6(13)14/h15-17H,1-3H2,(H,9,10)(H,11,12)(H,13,14). The smallest absolute Gasteiger partial charge is 0.308 e. The van der Waals surface area contributed by atoms with Gasteiger partial charge in [-0.2, -0.15) is 0 Å². The molecule has 0 saturated heterocycles. The van der Waals surface area contributed by atoms with Gasteiger partial charge in [-0.1, -0.05) is 0 Å². The summed E-state index contributed by atoms with van der Waals surface area (Å²) in [5.41, 5.74) is -3.00. The average molecular weight is 252 g/mol. The van der Waals surface area contributed by atoms with E-state index in [2.05, 4.69) is 0 Å². The second-order valence-electron chi connectivity index (χ2n) is 3.56. The summed E-state index contributed by atoms with van der Waals surface area (Å²) in [6, 6.07) is 0. The van der Waals surface area contributed by atoms with Crippen molar-refractivity contribution in [2.45, 2.75) is 30.7 Å². The lowest BCUT2D eigenvalue weighted by molar-refractivity contribution is -0.280. The molecular formula is C8H12O9. The third-order valence-corrected chi connectivity index (χ3v) is 2.03. The third kappa shape index (κ3) is 4.34. The van der Waals surface area contributed by atoms with Crippen molar-refractivity contribution in [1.29, 1.82) is 0 Å². The molecule has 0 atom stereocenters. The maximum absolute atomic E-state index is 10.4. The highest BCUT2D eigenvalue weighted by atomic mass is 16.5. The Balaban J connectivity index is 5.20. The van der Waals surface area contributed by atoms with Gasteiger partial charge in [0.2, 0.25) is 5.79 Å². The molecule has 0 heterocycles. The van der Waals surface area contributed by atoms with Crippen molar-refractivity contribution < 1.29 is 45.0 Å². The van der Waals surface area contributed by atoms with E-state index in [4.69, 9.17) is 15.3 Å². The van der Waals surface area contributed by atoms with E-state index in [1.807, 2.05) is 0 Å². The number of hydrogen-bond donors (Lipinski definition) is 6. The van der Waals surface area contributed by atoms with Crippen molar-refractivity contribution in [3.8, 4) is 0 Å². The lowest BCUT2D eigenvalue weighted by Gasteiger charge is -2.36. The first-order chi connectivity index (χ1) is 7.50. The maximum atomic E-state index is 10.4. The van der Waals surface area contributed by atoms with E-state index in [9.17, 15) is 29.7 Å². The molecular weight excluding hydrogens is 240 g/mol. The number of aliphatic carboxylic acids is 3. The zero-order valence-corrected chi connectivity index (χ0v) is 8.53. The van der Waals surface area contributed by atoms with Gasteiger partial charge >= 0.3 is 17.9 Å². The first-order valence-corrected chi connectivity index (χ1v) is 4.33. The highest BCUT2D eigenvalue weighted by Gasteiger charge is 2.52. The molecule has 0 unspecified atom stereocenters. The predicted octanol–water partition coefficient (Wildman–Crippen LogP) is -2.18. The lowest BCUT2D eigenvalue weighted by atomic mass is 9.84. The summed E-state index contributed by atoms with van der Waals surface area (Å²) in [5.74, 6) is -8.50. The minimum Gasteiger partial charge on any atom is -0.481 e. The molecule has 0 aliphatic carbocycles. The van der Waals surface area contributed by atoms with Crippen molar-refractivity contribution in [1.82, 2.24) is 0 Å². The second-order valence-corrected chi connectivity index (χ2v) is 3.56. The first-order valence-electron chi connectivity index (χ1n) is 4.33. The van der Waals surface area contributed by atoms with Gasteiger partial charge in [0.15, 0.2) is 0 Å². The molecule has 0 radical (unpaired) electrons. The van der Waals surface area contributed by atoms with Crippen LogP contribution in [0.2, 0.25) is 0 Å². The summed E-state index contributed by atoms with van der Waals surface area (Å²) in [7, 11) is 0. The molecule has 6 N–H and O–H groups in total. The molecule has 0 aromatic rings. The van der Waals surface area contributed by atoms with Gasteiger partial charge in [0.25, 0.3) is 0 Å². The average Bonchev–Trinajstić information content (AvgIpc) is 1.96. The lowest BCUT2D eigenvalue weighted by Crippen LogP contribution is -2.57. The highest BCUT2D eigenvalue weighted by Crippen LogP contribution is 2.30. The number of aliphatic hydroxyl groups is 3. The Morgan fingerprint density at radius 3 is 1.24 bits per heavy atom. The molecule has 0 bridgehead atoms. The van der Waals surface area contributed by atoms with Gasteiger partial charge in [0.05, 0.1) is 12.8 Å². The Morgan fingerprint density at radius 2 is 1.00 bits per heavy atom. The topological polar surface area (TPSA) is 173 Å². The monoisotopic (exact) mass is 252 g/mol. The van der Waals surface area contributed by atoms with Crippen LogP contribution in [0.15, 0.2) is 0 Å². The molecule has 0 saturated carbocycles. The Labute approximate surface area is 94.5 Å². The molecule has 0 spiro atoms. The van der Waals surface area contributed by atoms with Crippen molar-refractivity contribution in [2.24, 2.45) is 0 Å². The van der Waals surface area contributed by atoms with Gasteiger partial charge in [0, 0.05) is 0 Å². The zero-order valence-electron chi connectivity index (χ0n) is 8.53. The molecule has 9 heteroatoms. The van der Waals surface area contributed by atoms with Crippen LogP contribution in [0.1, 0.15) is 19.3 Å². The Morgan fingerprint density at radius 1 is 0.706 bits per heavy atom. The van der Waals surface area contributed by atoms with Crippen molar-refractivity contribution in [3.63, 3.8) is 0 Å². The van der Waals surface area contributed by atoms with Crippen molar-refractivity contribution in [3.05, 3.63) is 0 Å². The Kier molecular flexibility index (Phi) is 4.57. The maximum Gasteiger partial charge on any atom is 0.308 e. The molecule has 0 fully saturated rings. The van der Waals surface area contributed by atoms with E-state index < -0.39 is 48.6 Å². The Bertz CT molecular complexity index is 316. The van der Waals surface area contributed by atoms with Gasteiger partial charge < -0.3 is 30.6 Å². The first kappa shape index (κ1) is 15.3. The van der Waals surface area contributed by atoms with E-state index in [1.165, 1.54) is 0 Å². The molecule has 98 valence electrons. The summed E-state index contributed by atoms with van der Waals surface area (Å²) in [6.07, 6.45) is -4.05. The largest absolute Gasteiger partial charge is 0.481 e. The van der Waals surface area contributed by atoms with Crippen LogP contribution in [0.4, 0.5) is 0 Å². The molecule has 0 rings (SSSR count). The van der Waals surface area contributed by atoms with Crippen LogP contribution in [0.25, 0.3) is 0 Å². The number of carboxylic acid groups (broad SMARTS) is 3. The number of carboxylic acids is 3. The summed E-state index contributed by atoms with van der Waals surface area (Å²) in [5, 5.41) is 53.4. The van der Waals surface area contributed by atoms with Crippen LogP contribution in [0.3, 0.4) is 0 Å². The van der Waals surface area contributed by atoms with E-state index in [1.54, 1.807) is 0 Å². The van der Waals surface area contributed by atoms with Crippen molar-refractivity contribution in [2.75, 3.05) is 0 Å². The minimum atomic E-state index is -3.37. The Hall–Kier alpha value is -1.71. The molecule has 9 nitrogen and oxygen atoms in total. The van der Waals surface area contributed by atoms with Crippen LogP contribution in [-0.4, -0.2) is 59.9 Å². The van der Waals surface area contributed by atoms with Crippen LogP contribution in [-0.2, 0) is 14.4 Å². The zero-order chi connectivity index (χ0) is 13.9. The fourth-order valence-electron chi connectivity index (χ4n) is 1.22. The normalized spacial score (nSPS) is 12.2. The van der Waals surface area contributed by atoms with Gasteiger partial charge in [-0.3, -0.25) is 14.4 Å². The molecule has 17 heavy (non-hydrogen) atoms. The summed E-state index contributed by atoms with van der Waals surface area (Å²) >= 11 is 0. The second kappa shape index (κ2) is 5.08. The highest BCUT2D eigenvalue weighted by molar-refractivity contribution is 5.74. The van der Waals surface area contributed by atoms with Crippen molar-refractivity contribution >= 4 is 17.9 Å². The number of carbonyl (C=O) groups is 3. The van der Waals surface area contributed by atoms with Crippen LogP contribution in [0, 0.1) is 0 Å². The summed E-state index contributed by atoms with van der Waals surface area (Å²) in [4.78, 5) is 31.1. The van der Waals surface area contributed by atoms with E-state index in [0.29, 0.717) is 0 Å². The summed E-state index contributed by atoms with van der Waals surface area (Å²) < 4.78 is 0. The SMILES string of the molecule is O=C(O)CC(O)(O)C(O)(CC(=O)O)CC(=O)O. The van der Waals surface area contributed by atoms with Gasteiger partial charge in [-0.15, -0.1) is 0 Å².